The van der Waals surface area contributed by atoms with E-state index < -0.39 is 45.2 Å². The maximum absolute atomic E-state index is 13.2. The molecular weight excluding hydrogens is 461 g/mol. The fraction of sp³-hybridized carbons (Fsp3) is 0.619. The quantitative estimate of drug-likeness (QED) is 0.546. The third-order valence-electron chi connectivity index (χ3n) is 5.62. The van der Waals surface area contributed by atoms with Crippen LogP contribution in [0.5, 0.6) is 0 Å². The summed E-state index contributed by atoms with van der Waals surface area (Å²) < 4.78 is 66.5. The summed E-state index contributed by atoms with van der Waals surface area (Å²) in [4.78, 5) is 25.5. The largest absolute Gasteiger partial charge is 0.416 e. The number of rotatable bonds is 9. The second kappa shape index (κ2) is 10.8. The summed E-state index contributed by atoms with van der Waals surface area (Å²) in [5, 5.41) is 3.00. The first-order valence-electron chi connectivity index (χ1n) is 10.7. The summed E-state index contributed by atoms with van der Waals surface area (Å²) in [7, 11) is -2.73. The van der Waals surface area contributed by atoms with E-state index in [0.29, 0.717) is 18.4 Å². The van der Waals surface area contributed by atoms with Crippen LogP contribution in [0.3, 0.4) is 0 Å². The van der Waals surface area contributed by atoms with E-state index in [1.807, 2.05) is 13.8 Å². The van der Waals surface area contributed by atoms with Crippen molar-refractivity contribution >= 4 is 21.8 Å². The number of carbonyl (C=O) groups excluding carboxylic acids is 2. The highest BCUT2D eigenvalue weighted by Crippen LogP contribution is 2.32. The predicted molar refractivity (Wildman–Crippen MR) is 116 cm³/mol. The Morgan fingerprint density at radius 2 is 1.85 bits per heavy atom. The fourth-order valence-electron chi connectivity index (χ4n) is 3.94. The lowest BCUT2D eigenvalue weighted by Gasteiger charge is -2.38. The minimum atomic E-state index is -4.72. The van der Waals surface area contributed by atoms with Crippen molar-refractivity contribution in [3.63, 3.8) is 0 Å². The van der Waals surface area contributed by atoms with Crippen molar-refractivity contribution < 1.29 is 31.2 Å². The molecule has 0 aromatic heterocycles. The van der Waals surface area contributed by atoms with Gasteiger partial charge in [-0.25, -0.2) is 8.42 Å². The van der Waals surface area contributed by atoms with Gasteiger partial charge in [-0.2, -0.15) is 17.5 Å². The van der Waals surface area contributed by atoms with Crippen molar-refractivity contribution in [1.82, 2.24) is 14.5 Å². The second-order valence-corrected chi connectivity index (χ2v) is 10.5. The number of hydrogen-bond donors (Lipinski definition) is 2. The molecule has 0 spiro atoms. The second-order valence-electron chi connectivity index (χ2n) is 8.57. The number of nitrogens with two attached hydrogens (primary N) is 1. The number of alkyl halides is 3. The van der Waals surface area contributed by atoms with Crippen molar-refractivity contribution in [1.29, 1.82) is 0 Å². The molecule has 12 heteroatoms. The third kappa shape index (κ3) is 6.90. The van der Waals surface area contributed by atoms with Gasteiger partial charge < -0.3 is 16.0 Å². The maximum atomic E-state index is 13.2. The highest BCUT2D eigenvalue weighted by Gasteiger charge is 2.38. The van der Waals surface area contributed by atoms with E-state index in [1.165, 1.54) is 0 Å². The summed E-state index contributed by atoms with van der Waals surface area (Å²) in [6, 6.07) is 2.34. The smallest absolute Gasteiger partial charge is 0.369 e. The van der Waals surface area contributed by atoms with Crippen LogP contribution in [0.25, 0.3) is 0 Å². The van der Waals surface area contributed by atoms with Crippen molar-refractivity contribution in [2.75, 3.05) is 26.7 Å². The van der Waals surface area contributed by atoms with Crippen LogP contribution in [0.1, 0.15) is 38.7 Å². The molecule has 1 aromatic rings. The van der Waals surface area contributed by atoms with Gasteiger partial charge in [-0.05, 0) is 50.4 Å². The molecule has 1 fully saturated rings. The van der Waals surface area contributed by atoms with E-state index in [2.05, 4.69) is 5.32 Å². The minimum Gasteiger partial charge on any atom is -0.369 e. The van der Waals surface area contributed by atoms with Crippen molar-refractivity contribution in [2.24, 2.45) is 11.7 Å². The van der Waals surface area contributed by atoms with Gasteiger partial charge in [0.05, 0.1) is 23.0 Å². The van der Waals surface area contributed by atoms with Gasteiger partial charge in [0.2, 0.25) is 21.8 Å². The van der Waals surface area contributed by atoms with E-state index >= 15 is 0 Å². The van der Waals surface area contributed by atoms with Gasteiger partial charge in [0, 0.05) is 19.1 Å². The molecular formula is C21H31F3N4O4S. The van der Waals surface area contributed by atoms with E-state index in [-0.39, 0.29) is 37.9 Å². The number of likely N-dealkylation sites (tertiary alicyclic amines) is 1. The minimum absolute atomic E-state index is 0.0909. The molecule has 0 saturated carbocycles. The molecule has 1 atom stereocenters. The lowest BCUT2D eigenvalue weighted by molar-refractivity contribution is -0.137. The Labute approximate surface area is 192 Å². The van der Waals surface area contributed by atoms with Crippen LogP contribution in [-0.2, 0) is 25.8 Å². The zero-order chi connectivity index (χ0) is 25.0. The molecule has 186 valence electrons. The number of piperidine rings is 1. The first-order valence-corrected chi connectivity index (χ1v) is 12.1. The molecule has 1 aliphatic rings. The Morgan fingerprint density at radius 1 is 1.24 bits per heavy atom. The van der Waals surface area contributed by atoms with Gasteiger partial charge >= 0.3 is 6.18 Å². The van der Waals surface area contributed by atoms with E-state index in [0.717, 1.165) is 22.5 Å². The van der Waals surface area contributed by atoms with E-state index in [1.54, 1.807) is 11.9 Å². The van der Waals surface area contributed by atoms with Crippen molar-refractivity contribution in [3.8, 4) is 0 Å². The van der Waals surface area contributed by atoms with Crippen molar-refractivity contribution in [3.05, 3.63) is 29.8 Å². The zero-order valence-corrected chi connectivity index (χ0v) is 19.7. The van der Waals surface area contributed by atoms with Crippen LogP contribution in [0.2, 0.25) is 0 Å². The zero-order valence-electron chi connectivity index (χ0n) is 18.9. The number of likely N-dealkylation sites (N-methyl/N-ethyl adjacent to an activating group) is 1. The molecule has 33 heavy (non-hydrogen) atoms. The van der Waals surface area contributed by atoms with Crippen LogP contribution in [-0.4, -0.2) is 68.2 Å². The maximum Gasteiger partial charge on any atom is 0.416 e. The molecule has 1 aromatic carbocycles. The lowest BCUT2D eigenvalue weighted by Crippen LogP contribution is -2.53. The number of primary amides is 1. The van der Waals surface area contributed by atoms with Crippen molar-refractivity contribution in [2.45, 2.75) is 56.3 Å². The number of amides is 2. The monoisotopic (exact) mass is 492 g/mol. The van der Waals surface area contributed by atoms with E-state index in [9.17, 15) is 31.2 Å². The van der Waals surface area contributed by atoms with Gasteiger partial charge in [-0.1, -0.05) is 19.9 Å². The number of benzene rings is 1. The van der Waals surface area contributed by atoms with Gasteiger partial charge in [0.15, 0.2) is 0 Å². The van der Waals surface area contributed by atoms with Crippen LogP contribution in [0, 0.1) is 5.92 Å². The van der Waals surface area contributed by atoms with Gasteiger partial charge in [-0.3, -0.25) is 9.59 Å². The number of nitrogens with one attached hydrogen (secondary N) is 1. The van der Waals surface area contributed by atoms with E-state index in [4.69, 9.17) is 5.73 Å². The molecule has 8 nitrogen and oxygen atoms in total. The molecule has 1 heterocycles. The number of hydrogen-bond acceptors (Lipinski definition) is 5. The molecule has 1 saturated heterocycles. The first kappa shape index (κ1) is 27.1. The molecule has 3 N–H and O–H groups in total. The molecule has 0 bridgehead atoms. The van der Waals surface area contributed by atoms with Crippen LogP contribution in [0.15, 0.2) is 29.2 Å². The summed E-state index contributed by atoms with van der Waals surface area (Å²) in [6.45, 7) is 3.86. The summed E-state index contributed by atoms with van der Waals surface area (Å²) in [6.07, 6.45) is -3.61. The SMILES string of the molecule is CNC(CC(C)C)C(=O)N1CCC(N(CC(N)=O)S(=O)(=O)c2cccc(C(F)(F)F)c2)CC1. The summed E-state index contributed by atoms with van der Waals surface area (Å²) in [5.74, 6) is -0.712. The van der Waals surface area contributed by atoms with Crippen LogP contribution >= 0.6 is 0 Å². The Kier molecular flexibility index (Phi) is 8.88. The number of carbonyl (C=O) groups is 2. The molecule has 1 aliphatic heterocycles. The highest BCUT2D eigenvalue weighted by atomic mass is 32.2. The van der Waals surface area contributed by atoms with Gasteiger partial charge in [-0.15, -0.1) is 0 Å². The molecule has 0 aliphatic carbocycles. The molecule has 2 rings (SSSR count). The standard InChI is InChI=1S/C21H31F3N4O4S/c1-14(2)11-18(26-3)20(30)27-9-7-16(8-10-27)28(13-19(25)29)33(31,32)17-6-4-5-15(12-17)21(22,23)24/h4-6,12,14,16,18,26H,7-11,13H2,1-3H3,(H2,25,29). The average molecular weight is 493 g/mol. The molecule has 1 unspecified atom stereocenters. The average Bonchev–Trinajstić information content (AvgIpc) is 2.74. The normalized spacial score (nSPS) is 16.9. The first-order chi connectivity index (χ1) is 15.3. The fourth-order valence-corrected chi connectivity index (χ4v) is 5.64. The Bertz CT molecular complexity index is 945. The highest BCUT2D eigenvalue weighted by molar-refractivity contribution is 7.89. The van der Waals surface area contributed by atoms with Gasteiger partial charge in [0.1, 0.15) is 0 Å². The number of halogens is 3. The predicted octanol–water partition coefficient (Wildman–Crippen LogP) is 1.81. The number of sulfonamides is 1. The topological polar surface area (TPSA) is 113 Å². The van der Waals surface area contributed by atoms with Crippen LogP contribution in [0.4, 0.5) is 13.2 Å². The molecule has 0 radical (unpaired) electrons. The Balaban J connectivity index is 2.23. The Morgan fingerprint density at radius 3 is 2.33 bits per heavy atom. The lowest BCUT2D eigenvalue weighted by atomic mass is 10.00. The Hall–Kier alpha value is -2.18. The number of nitrogens with zero attached hydrogens (tertiary/aromatic N) is 2. The van der Waals surface area contributed by atoms with Crippen LogP contribution < -0.4 is 11.1 Å². The van der Waals surface area contributed by atoms with Gasteiger partial charge in [0.25, 0.3) is 0 Å². The summed E-state index contributed by atoms with van der Waals surface area (Å²) >= 11 is 0. The molecule has 2 amide bonds. The summed E-state index contributed by atoms with van der Waals surface area (Å²) in [5.41, 5.74) is 4.15. The third-order valence-corrected chi connectivity index (χ3v) is 7.51.